The first-order chi connectivity index (χ1) is 13.1. The Labute approximate surface area is 167 Å². The van der Waals surface area contributed by atoms with Gasteiger partial charge in [0, 0.05) is 32.4 Å². The Morgan fingerprint density at radius 2 is 1.79 bits per heavy atom. The number of rotatable bonds is 7. The molecule has 0 bridgehead atoms. The first kappa shape index (κ1) is 20.5. The van der Waals surface area contributed by atoms with Gasteiger partial charge in [0.25, 0.3) is 0 Å². The third-order valence-corrected chi connectivity index (χ3v) is 6.69. The van der Waals surface area contributed by atoms with Crippen LogP contribution in [0.1, 0.15) is 25.0 Å². The first-order valence-electron chi connectivity index (χ1n) is 9.28. The maximum atomic E-state index is 12.7. The lowest BCUT2D eigenvalue weighted by Crippen LogP contribution is -2.33. The van der Waals surface area contributed by atoms with Crippen LogP contribution in [0.4, 0.5) is 5.69 Å². The quantitative estimate of drug-likeness (QED) is 0.773. The number of anilines is 1. The molecule has 150 valence electrons. The standard InChI is InChI=1S/C21H27N3O3S/c1-21(2)18-14-17(10-11-19(18)24(4)20(21)25)28(26,27)22-12-13-23(3)15-16-8-6-5-7-9-16/h5-11,14,22H,12-13,15H2,1-4H3. The zero-order chi connectivity index (χ0) is 20.5. The molecule has 1 aliphatic rings. The fourth-order valence-electron chi connectivity index (χ4n) is 3.55. The number of hydrogen-bond acceptors (Lipinski definition) is 4. The first-order valence-corrected chi connectivity index (χ1v) is 10.8. The lowest BCUT2D eigenvalue weighted by molar-refractivity contribution is -0.121. The Morgan fingerprint density at radius 3 is 2.46 bits per heavy atom. The van der Waals surface area contributed by atoms with Crippen LogP contribution in [-0.4, -0.2) is 46.4 Å². The number of carbonyl (C=O) groups excluding carboxylic acids is 1. The Balaban J connectivity index is 1.66. The van der Waals surface area contributed by atoms with E-state index in [0.717, 1.165) is 17.8 Å². The van der Waals surface area contributed by atoms with Crippen LogP contribution in [0.2, 0.25) is 0 Å². The molecule has 0 unspecified atom stereocenters. The molecule has 28 heavy (non-hydrogen) atoms. The topological polar surface area (TPSA) is 69.7 Å². The molecule has 0 fully saturated rings. The van der Waals surface area contributed by atoms with E-state index in [1.807, 2.05) is 51.2 Å². The van der Waals surface area contributed by atoms with Crippen molar-refractivity contribution < 1.29 is 13.2 Å². The number of hydrogen-bond donors (Lipinski definition) is 1. The fourth-order valence-corrected chi connectivity index (χ4v) is 4.59. The normalized spacial score (nSPS) is 15.9. The predicted molar refractivity (Wildman–Crippen MR) is 111 cm³/mol. The van der Waals surface area contributed by atoms with Crippen LogP contribution in [0.3, 0.4) is 0 Å². The minimum atomic E-state index is -3.64. The maximum Gasteiger partial charge on any atom is 0.240 e. The van der Waals surface area contributed by atoms with Gasteiger partial charge in [-0.25, -0.2) is 13.1 Å². The van der Waals surface area contributed by atoms with E-state index in [1.165, 1.54) is 5.56 Å². The molecule has 6 nitrogen and oxygen atoms in total. The van der Waals surface area contributed by atoms with Crippen LogP contribution in [0.5, 0.6) is 0 Å². The van der Waals surface area contributed by atoms with Crippen molar-refractivity contribution in [1.82, 2.24) is 9.62 Å². The van der Waals surface area contributed by atoms with Gasteiger partial charge in [-0.2, -0.15) is 0 Å². The van der Waals surface area contributed by atoms with E-state index in [-0.39, 0.29) is 10.8 Å². The smallest absolute Gasteiger partial charge is 0.240 e. The number of amides is 1. The van der Waals surface area contributed by atoms with Gasteiger partial charge in [0.15, 0.2) is 0 Å². The lowest BCUT2D eigenvalue weighted by atomic mass is 9.86. The number of sulfonamides is 1. The molecule has 0 radical (unpaired) electrons. The van der Waals surface area contributed by atoms with E-state index >= 15 is 0 Å². The van der Waals surface area contributed by atoms with E-state index in [2.05, 4.69) is 9.62 Å². The molecule has 1 heterocycles. The molecule has 7 heteroatoms. The minimum Gasteiger partial charge on any atom is -0.314 e. The van der Waals surface area contributed by atoms with Crippen LogP contribution < -0.4 is 9.62 Å². The molecule has 3 rings (SSSR count). The van der Waals surface area contributed by atoms with Crippen molar-refractivity contribution in [2.24, 2.45) is 0 Å². The number of fused-ring (bicyclic) bond motifs is 1. The third kappa shape index (κ3) is 3.97. The van der Waals surface area contributed by atoms with Crippen molar-refractivity contribution in [3.8, 4) is 0 Å². The summed E-state index contributed by atoms with van der Waals surface area (Å²) in [5.41, 5.74) is 1.95. The average molecular weight is 402 g/mol. The van der Waals surface area contributed by atoms with Gasteiger partial charge in [0.2, 0.25) is 15.9 Å². The van der Waals surface area contributed by atoms with Gasteiger partial charge in [0.1, 0.15) is 0 Å². The zero-order valence-electron chi connectivity index (χ0n) is 16.8. The lowest BCUT2D eigenvalue weighted by Gasteiger charge is -2.18. The van der Waals surface area contributed by atoms with Crippen molar-refractivity contribution in [3.05, 3.63) is 59.7 Å². The van der Waals surface area contributed by atoms with Crippen molar-refractivity contribution in [3.63, 3.8) is 0 Å². The molecular weight excluding hydrogens is 374 g/mol. The highest BCUT2D eigenvalue weighted by Crippen LogP contribution is 2.41. The molecule has 0 saturated heterocycles. The molecule has 1 aliphatic heterocycles. The summed E-state index contributed by atoms with van der Waals surface area (Å²) in [6.07, 6.45) is 0. The summed E-state index contributed by atoms with van der Waals surface area (Å²) in [5.74, 6) is -0.0347. The van der Waals surface area contributed by atoms with Crippen molar-refractivity contribution in [2.45, 2.75) is 30.7 Å². The highest BCUT2D eigenvalue weighted by atomic mass is 32.2. The van der Waals surface area contributed by atoms with Gasteiger partial charge < -0.3 is 9.80 Å². The van der Waals surface area contributed by atoms with Crippen molar-refractivity contribution in [1.29, 1.82) is 0 Å². The van der Waals surface area contributed by atoms with E-state index in [4.69, 9.17) is 0 Å². The molecule has 0 aliphatic carbocycles. The van der Waals surface area contributed by atoms with Crippen LogP contribution in [-0.2, 0) is 26.8 Å². The summed E-state index contributed by atoms with van der Waals surface area (Å²) in [5, 5.41) is 0. The van der Waals surface area contributed by atoms with Crippen LogP contribution in [0.15, 0.2) is 53.4 Å². The molecule has 1 N–H and O–H groups in total. The number of nitrogens with one attached hydrogen (secondary N) is 1. The number of benzene rings is 2. The largest absolute Gasteiger partial charge is 0.314 e. The summed E-state index contributed by atoms with van der Waals surface area (Å²) >= 11 is 0. The summed E-state index contributed by atoms with van der Waals surface area (Å²) < 4.78 is 28.1. The van der Waals surface area contributed by atoms with E-state index in [9.17, 15) is 13.2 Å². The third-order valence-electron chi connectivity index (χ3n) is 5.23. The number of nitrogens with zero attached hydrogens (tertiary/aromatic N) is 2. The molecule has 1 amide bonds. The summed E-state index contributed by atoms with van der Waals surface area (Å²) in [7, 11) is 0.0302. The SMILES string of the molecule is CN(CCNS(=O)(=O)c1ccc2c(c1)C(C)(C)C(=O)N2C)Cc1ccccc1. The van der Waals surface area contributed by atoms with Crippen LogP contribution in [0, 0.1) is 0 Å². The average Bonchev–Trinajstić information content (AvgIpc) is 2.83. The molecule has 2 aromatic carbocycles. The van der Waals surface area contributed by atoms with Gasteiger partial charge in [-0.3, -0.25) is 4.79 Å². The molecule has 0 saturated carbocycles. The van der Waals surface area contributed by atoms with Crippen molar-refractivity contribution in [2.75, 3.05) is 32.1 Å². The van der Waals surface area contributed by atoms with E-state index in [1.54, 1.807) is 30.1 Å². The molecule has 2 aromatic rings. The maximum absolute atomic E-state index is 12.7. The Kier molecular flexibility index (Phi) is 5.61. The van der Waals surface area contributed by atoms with E-state index in [0.29, 0.717) is 13.1 Å². The number of carbonyl (C=O) groups is 1. The van der Waals surface area contributed by atoms with Gasteiger partial charge in [0.05, 0.1) is 10.3 Å². The second-order valence-electron chi connectivity index (χ2n) is 7.79. The molecule has 0 spiro atoms. The van der Waals surface area contributed by atoms with Gasteiger partial charge in [-0.15, -0.1) is 0 Å². The monoisotopic (exact) mass is 401 g/mol. The summed E-state index contributed by atoms with van der Waals surface area (Å²) in [6, 6.07) is 14.9. The Bertz CT molecular complexity index is 972. The van der Waals surface area contributed by atoms with Gasteiger partial charge >= 0.3 is 0 Å². The van der Waals surface area contributed by atoms with Gasteiger partial charge in [-0.05, 0) is 50.2 Å². The highest BCUT2D eigenvalue weighted by Gasteiger charge is 2.42. The van der Waals surface area contributed by atoms with Gasteiger partial charge in [-0.1, -0.05) is 30.3 Å². The fraction of sp³-hybridized carbons (Fsp3) is 0.381. The van der Waals surface area contributed by atoms with Crippen LogP contribution >= 0.6 is 0 Å². The highest BCUT2D eigenvalue weighted by molar-refractivity contribution is 7.89. The number of likely N-dealkylation sites (N-methyl/N-ethyl adjacent to an activating group) is 2. The summed E-state index contributed by atoms with van der Waals surface area (Å²) in [6.45, 7) is 5.29. The zero-order valence-corrected chi connectivity index (χ0v) is 17.6. The Morgan fingerprint density at radius 1 is 1.11 bits per heavy atom. The second kappa shape index (κ2) is 7.66. The predicted octanol–water partition coefficient (Wildman–Crippen LogP) is 2.35. The molecule has 0 aromatic heterocycles. The second-order valence-corrected chi connectivity index (χ2v) is 9.56. The van der Waals surface area contributed by atoms with E-state index < -0.39 is 15.4 Å². The van der Waals surface area contributed by atoms with Crippen LogP contribution in [0.25, 0.3) is 0 Å². The minimum absolute atomic E-state index is 0.0347. The molecular formula is C21H27N3O3S. The Hall–Kier alpha value is -2.22. The van der Waals surface area contributed by atoms with Crippen molar-refractivity contribution >= 4 is 21.6 Å². The summed E-state index contributed by atoms with van der Waals surface area (Å²) in [4.78, 5) is 16.2. The molecule has 0 atom stereocenters.